The van der Waals surface area contributed by atoms with Crippen molar-refractivity contribution in [1.82, 2.24) is 0 Å². The van der Waals surface area contributed by atoms with Gasteiger partial charge in [-0.1, -0.05) is 6.92 Å². The molecule has 0 heterocycles. The maximum atomic E-state index is 5.15. The van der Waals surface area contributed by atoms with Gasteiger partial charge in [-0.3, -0.25) is 5.57 Å². The standard InChI is InChI=1S/C5H8.W/c1-4-5(2)3;/h2H,1,4H2,3H3;/q-2;+2. The molecule has 0 N–H and O–H groups in total. The first-order valence-electron chi connectivity index (χ1n) is 1.64. The Morgan fingerprint density at radius 3 is 2.00 bits per heavy atom. The summed E-state index contributed by atoms with van der Waals surface area (Å²) in [7, 11) is 0. The summed E-state index contributed by atoms with van der Waals surface area (Å²) >= 11 is 0. The quantitative estimate of drug-likeness (QED) is 0.621. The number of rotatable bonds is 1. The average molecular weight is 252 g/mol. The summed E-state index contributed by atoms with van der Waals surface area (Å²) in [6.07, 6.45) is 0.750. The predicted molar refractivity (Wildman–Crippen MR) is 23.5 cm³/mol. The SMILES string of the molecule is [CH-]=C(C)C[CH2-].[W+2]. The Morgan fingerprint density at radius 1 is 1.83 bits per heavy atom. The van der Waals surface area contributed by atoms with E-state index in [1.165, 1.54) is 0 Å². The smallest absolute Gasteiger partial charge is 0.517 e. The van der Waals surface area contributed by atoms with Crippen LogP contribution in [-0.4, -0.2) is 0 Å². The van der Waals surface area contributed by atoms with E-state index < -0.39 is 0 Å². The van der Waals surface area contributed by atoms with Gasteiger partial charge in [0.2, 0.25) is 0 Å². The topological polar surface area (TPSA) is 0 Å². The van der Waals surface area contributed by atoms with Crippen LogP contribution in [0.5, 0.6) is 0 Å². The van der Waals surface area contributed by atoms with Gasteiger partial charge in [0.25, 0.3) is 0 Å². The molecule has 0 saturated carbocycles. The zero-order chi connectivity index (χ0) is 4.28. The molecule has 0 saturated heterocycles. The molecule has 0 aromatic rings. The summed E-state index contributed by atoms with van der Waals surface area (Å²) in [6, 6.07) is 0. The van der Waals surface area contributed by atoms with Crippen LogP contribution >= 0.6 is 0 Å². The largest absolute Gasteiger partial charge is 2.00 e. The van der Waals surface area contributed by atoms with Gasteiger partial charge in [0.1, 0.15) is 0 Å². The normalized spacial score (nSPS) is 6.33. The van der Waals surface area contributed by atoms with Crippen molar-refractivity contribution in [3.63, 3.8) is 0 Å². The third kappa shape index (κ3) is 8.83. The second kappa shape index (κ2) is 5.43. The van der Waals surface area contributed by atoms with E-state index in [2.05, 4.69) is 6.92 Å². The molecule has 0 atom stereocenters. The maximum Gasteiger partial charge on any atom is 2.00 e. The number of hydrogen-bond donors (Lipinski definition) is 0. The van der Waals surface area contributed by atoms with Crippen molar-refractivity contribution in [2.75, 3.05) is 0 Å². The van der Waals surface area contributed by atoms with E-state index in [1.807, 2.05) is 6.92 Å². The molecule has 6 heavy (non-hydrogen) atoms. The van der Waals surface area contributed by atoms with Gasteiger partial charge >= 0.3 is 21.1 Å². The Balaban J connectivity index is 0. The van der Waals surface area contributed by atoms with Gasteiger partial charge in [-0.2, -0.15) is 6.42 Å². The fourth-order valence-corrected chi connectivity index (χ4v) is 0. The van der Waals surface area contributed by atoms with Crippen molar-refractivity contribution in [1.29, 1.82) is 0 Å². The zero-order valence-electron chi connectivity index (χ0n) is 3.90. The molecule has 0 fully saturated rings. The molecule has 0 nitrogen and oxygen atoms in total. The van der Waals surface area contributed by atoms with Crippen LogP contribution in [0.25, 0.3) is 0 Å². The zero-order valence-corrected chi connectivity index (χ0v) is 6.83. The average Bonchev–Trinajstić information content (AvgIpc) is 1.38. The molecule has 1 heteroatoms. The maximum absolute atomic E-state index is 5.15. The fraction of sp³-hybridized carbons (Fsp3) is 0.400. The molecule has 0 aromatic heterocycles. The molecule has 0 aliphatic heterocycles. The number of allylic oxidation sites excluding steroid dienone is 1. The summed E-state index contributed by atoms with van der Waals surface area (Å²) in [6.45, 7) is 10.5. The van der Waals surface area contributed by atoms with E-state index in [-0.39, 0.29) is 21.1 Å². The van der Waals surface area contributed by atoms with Crippen molar-refractivity contribution in [3.8, 4) is 0 Å². The summed E-state index contributed by atoms with van der Waals surface area (Å²) in [5.41, 5.74) is 0.894. The Morgan fingerprint density at radius 2 is 2.00 bits per heavy atom. The molecule has 0 bridgehead atoms. The molecule has 0 aromatic carbocycles. The molecular formula is C5H8W. The van der Waals surface area contributed by atoms with E-state index in [9.17, 15) is 0 Å². The Bertz CT molecular complexity index is 39.2. The minimum Gasteiger partial charge on any atom is -0.517 e. The van der Waals surface area contributed by atoms with Crippen LogP contribution in [0.1, 0.15) is 13.3 Å². The van der Waals surface area contributed by atoms with E-state index >= 15 is 0 Å². The van der Waals surface area contributed by atoms with Gasteiger partial charge in [0, 0.05) is 0 Å². The summed E-state index contributed by atoms with van der Waals surface area (Å²) in [5, 5.41) is 0. The Kier molecular flexibility index (Phi) is 8.74. The van der Waals surface area contributed by atoms with Crippen LogP contribution in [0.3, 0.4) is 0 Å². The van der Waals surface area contributed by atoms with E-state index in [1.54, 1.807) is 0 Å². The molecule has 0 spiro atoms. The van der Waals surface area contributed by atoms with Crippen LogP contribution in [0, 0.1) is 13.5 Å². The Hall–Kier alpha value is 0.428. The molecule has 0 amide bonds. The first-order valence-corrected chi connectivity index (χ1v) is 1.64. The van der Waals surface area contributed by atoms with Gasteiger partial charge in [-0.25, -0.2) is 0 Å². The third-order valence-corrected chi connectivity index (χ3v) is 0.394. The summed E-state index contributed by atoms with van der Waals surface area (Å²) in [5.74, 6) is 0. The molecule has 0 aliphatic carbocycles. The second-order valence-electron chi connectivity index (χ2n) is 1.10. The molecule has 0 radical (unpaired) electrons. The van der Waals surface area contributed by atoms with Gasteiger partial charge in [0.05, 0.1) is 0 Å². The van der Waals surface area contributed by atoms with Crippen LogP contribution in [0.4, 0.5) is 0 Å². The van der Waals surface area contributed by atoms with Gasteiger partial charge in [-0.15, -0.1) is 0 Å². The minimum absolute atomic E-state index is 0. The minimum atomic E-state index is 0. The Labute approximate surface area is 53.9 Å². The molecular weight excluding hydrogens is 244 g/mol. The fourth-order valence-electron chi connectivity index (χ4n) is 0. The van der Waals surface area contributed by atoms with Gasteiger partial charge < -0.3 is 13.5 Å². The predicted octanol–water partition coefficient (Wildman–Crippen LogP) is 1.59. The first kappa shape index (κ1) is 9.66. The van der Waals surface area contributed by atoms with E-state index in [0.717, 1.165) is 12.0 Å². The van der Waals surface area contributed by atoms with E-state index in [4.69, 9.17) is 6.58 Å². The molecule has 0 unspecified atom stereocenters. The van der Waals surface area contributed by atoms with Crippen molar-refractivity contribution in [2.45, 2.75) is 13.3 Å². The molecule has 0 rings (SSSR count). The second-order valence-corrected chi connectivity index (χ2v) is 1.10. The van der Waals surface area contributed by atoms with Crippen molar-refractivity contribution in [2.24, 2.45) is 0 Å². The molecule has 0 aliphatic rings. The van der Waals surface area contributed by atoms with Gasteiger partial charge in [-0.05, 0) is 0 Å². The summed E-state index contributed by atoms with van der Waals surface area (Å²) in [4.78, 5) is 0. The van der Waals surface area contributed by atoms with E-state index in [0.29, 0.717) is 0 Å². The third-order valence-electron chi connectivity index (χ3n) is 0.394. The van der Waals surface area contributed by atoms with Crippen molar-refractivity contribution >= 4 is 0 Å². The molecule has 34 valence electrons. The monoisotopic (exact) mass is 252 g/mol. The summed E-state index contributed by atoms with van der Waals surface area (Å²) < 4.78 is 0. The van der Waals surface area contributed by atoms with Crippen molar-refractivity contribution < 1.29 is 21.1 Å². The van der Waals surface area contributed by atoms with Crippen LogP contribution in [0.15, 0.2) is 5.57 Å². The first-order chi connectivity index (χ1) is 2.27. The van der Waals surface area contributed by atoms with Crippen LogP contribution in [-0.2, 0) is 21.1 Å². The van der Waals surface area contributed by atoms with Gasteiger partial charge in [0.15, 0.2) is 0 Å². The number of hydrogen-bond acceptors (Lipinski definition) is 0. The van der Waals surface area contributed by atoms with Crippen LogP contribution in [0.2, 0.25) is 0 Å². The van der Waals surface area contributed by atoms with Crippen LogP contribution < -0.4 is 0 Å². The van der Waals surface area contributed by atoms with Crippen molar-refractivity contribution in [3.05, 3.63) is 19.1 Å².